The Bertz CT molecular complexity index is 1040. The fourth-order valence-corrected chi connectivity index (χ4v) is 4.78. The van der Waals surface area contributed by atoms with Crippen LogP contribution in [0.5, 0.6) is 0 Å². The Hall–Kier alpha value is -2.00. The number of carbonyl (C=O) groups is 1. The first-order chi connectivity index (χ1) is 15.8. The molecule has 0 aromatic heterocycles. The summed E-state index contributed by atoms with van der Waals surface area (Å²) in [7, 11) is -0.212. The van der Waals surface area contributed by atoms with E-state index < -0.39 is 6.09 Å². The zero-order valence-electron chi connectivity index (χ0n) is 21.3. The zero-order chi connectivity index (χ0) is 23.7. The molecule has 3 aromatic rings. The van der Waals surface area contributed by atoms with Crippen molar-refractivity contribution in [3.05, 3.63) is 107 Å². The molecule has 3 nitrogen and oxygen atoms in total. The Kier molecular flexibility index (Phi) is 13.5. The van der Waals surface area contributed by atoms with Gasteiger partial charge in [0.1, 0.15) is 6.10 Å². The van der Waals surface area contributed by atoms with Gasteiger partial charge in [0.05, 0.1) is 8.80 Å². The van der Waals surface area contributed by atoms with Crippen LogP contribution in [0, 0.1) is 5.41 Å². The smallest absolute Gasteiger partial charge is 0.591 e. The average Bonchev–Trinajstić information content (AvgIpc) is 3.08. The van der Waals surface area contributed by atoms with Crippen LogP contribution in [0.2, 0.25) is 13.1 Å². The summed E-state index contributed by atoms with van der Waals surface area (Å²) < 4.78 is 5.66. The van der Waals surface area contributed by atoms with E-state index in [0.717, 1.165) is 24.0 Å². The summed E-state index contributed by atoms with van der Waals surface area (Å²) in [5.74, 6) is 0. The van der Waals surface area contributed by atoms with Crippen molar-refractivity contribution in [2.45, 2.75) is 45.9 Å². The minimum Gasteiger partial charge on any atom is -0.591 e. The fraction of sp³-hybridized carbons (Fsp3) is 0.276. The topological polar surface area (TPSA) is 40.4 Å². The summed E-state index contributed by atoms with van der Waals surface area (Å²) >= 11 is 0. The van der Waals surface area contributed by atoms with Crippen molar-refractivity contribution in [2.75, 3.05) is 0 Å². The molecule has 0 heterocycles. The van der Waals surface area contributed by atoms with E-state index in [0.29, 0.717) is 5.69 Å². The molecule has 0 saturated heterocycles. The summed E-state index contributed by atoms with van der Waals surface area (Å²) in [4.78, 5) is 12.2. The first-order valence-electron chi connectivity index (χ1n) is 11.4. The molecule has 4 rings (SSSR count). The van der Waals surface area contributed by atoms with Crippen molar-refractivity contribution in [3.8, 4) is 0 Å². The van der Waals surface area contributed by atoms with Crippen molar-refractivity contribution in [1.82, 2.24) is 0 Å². The molecule has 35 heavy (non-hydrogen) atoms. The van der Waals surface area contributed by atoms with Gasteiger partial charge in [-0.1, -0.05) is 129 Å². The third-order valence-electron chi connectivity index (χ3n) is 5.56. The van der Waals surface area contributed by atoms with Crippen LogP contribution in [0.3, 0.4) is 0 Å². The third-order valence-corrected chi connectivity index (χ3v) is 7.04. The maximum absolute atomic E-state index is 12.2. The number of carbonyl (C=O) groups excluding carboxylic acids is 1. The van der Waals surface area contributed by atoms with Gasteiger partial charge in [-0.2, -0.15) is 0 Å². The van der Waals surface area contributed by atoms with Crippen LogP contribution in [0.25, 0.3) is 11.4 Å². The molecule has 182 valence electrons. The first-order valence-corrected chi connectivity index (χ1v) is 13.9. The largest absolute Gasteiger partial charge is 1.00 e. The number of hydrogen-bond acceptors (Lipinski definition) is 2. The van der Waals surface area contributed by atoms with E-state index in [2.05, 4.69) is 80.8 Å². The van der Waals surface area contributed by atoms with E-state index in [4.69, 9.17) is 4.74 Å². The molecule has 1 aliphatic carbocycles. The molecule has 1 aliphatic rings. The van der Waals surface area contributed by atoms with E-state index in [-0.39, 0.29) is 56.2 Å². The Morgan fingerprint density at radius 1 is 0.914 bits per heavy atom. The second-order valence-corrected chi connectivity index (χ2v) is 11.9. The first kappa shape index (κ1) is 31.0. The SMILES string of the molecule is CC1(C)C/C(=C\c2ccccc2)C(OC(=O)[N-]c2ccccc2)C1.C[Si](C)c1ccccc1.[Cu].[Li+]. The van der Waals surface area contributed by atoms with E-state index >= 15 is 0 Å². The quantitative estimate of drug-likeness (QED) is 0.461. The van der Waals surface area contributed by atoms with Crippen molar-refractivity contribution in [2.24, 2.45) is 5.41 Å². The molecule has 1 atom stereocenters. The summed E-state index contributed by atoms with van der Waals surface area (Å²) in [6, 6.07) is 30.0. The maximum atomic E-state index is 12.2. The van der Waals surface area contributed by atoms with Crippen LogP contribution in [0.15, 0.2) is 96.6 Å². The van der Waals surface area contributed by atoms with Crippen LogP contribution < -0.4 is 24.0 Å². The normalized spacial score (nSPS) is 16.8. The third kappa shape index (κ3) is 10.7. The van der Waals surface area contributed by atoms with Gasteiger partial charge >= 0.3 is 18.9 Å². The molecule has 0 bridgehead atoms. The van der Waals surface area contributed by atoms with Gasteiger partial charge in [-0.05, 0) is 29.4 Å². The van der Waals surface area contributed by atoms with Gasteiger partial charge < -0.3 is 10.1 Å². The van der Waals surface area contributed by atoms with E-state index in [1.165, 1.54) is 5.19 Å². The molecule has 1 saturated carbocycles. The van der Waals surface area contributed by atoms with Crippen LogP contribution in [0.4, 0.5) is 10.5 Å². The Morgan fingerprint density at radius 3 is 1.94 bits per heavy atom. The van der Waals surface area contributed by atoms with Gasteiger partial charge in [0.2, 0.25) is 6.09 Å². The van der Waals surface area contributed by atoms with Crippen LogP contribution >= 0.6 is 0 Å². The van der Waals surface area contributed by atoms with Gasteiger partial charge in [-0.25, -0.2) is 0 Å². The molecule has 1 unspecified atom stereocenters. The van der Waals surface area contributed by atoms with Crippen molar-refractivity contribution in [1.29, 1.82) is 0 Å². The molecule has 1 fully saturated rings. The molecular weight excluding hydrogens is 493 g/mol. The fourth-order valence-electron chi connectivity index (χ4n) is 3.92. The number of nitrogens with zero attached hydrogens (tertiary/aromatic N) is 1. The molecule has 0 aliphatic heterocycles. The summed E-state index contributed by atoms with van der Waals surface area (Å²) in [6.45, 7) is 9.02. The second kappa shape index (κ2) is 15.2. The summed E-state index contributed by atoms with van der Waals surface area (Å²) in [5.41, 5.74) is 3.03. The number of rotatable bonds is 4. The van der Waals surface area contributed by atoms with Crippen molar-refractivity contribution < 1.29 is 45.5 Å². The zero-order valence-corrected chi connectivity index (χ0v) is 23.2. The van der Waals surface area contributed by atoms with Gasteiger partial charge in [-0.3, -0.25) is 4.79 Å². The van der Waals surface area contributed by atoms with Crippen LogP contribution in [-0.4, -0.2) is 21.0 Å². The molecule has 6 heteroatoms. The standard InChI is InChI=1S/C21H23NO2.C8H11Si.Cu.Li/c1-21(2)14-17(13-16-9-5-3-6-10-16)19(15-21)24-20(23)22-18-11-7-4-8-12-18;1-9(2)8-6-4-3-5-7-8;;/h3-13,19H,14-15H2,1-2H3,(H,22,23);3-7H,1-2H3;;/q;;;+1/p-1/b17-13+;;;. The number of para-hydroxylation sites is 1. The van der Waals surface area contributed by atoms with Crippen LogP contribution in [0.1, 0.15) is 32.3 Å². The predicted molar refractivity (Wildman–Crippen MR) is 141 cm³/mol. The number of amides is 1. The summed E-state index contributed by atoms with van der Waals surface area (Å²) in [6.07, 6.45) is 3.14. The van der Waals surface area contributed by atoms with E-state index in [1.807, 2.05) is 36.4 Å². The summed E-state index contributed by atoms with van der Waals surface area (Å²) in [5, 5.41) is 5.54. The van der Waals surface area contributed by atoms with Gasteiger partial charge in [0.15, 0.2) is 0 Å². The number of ether oxygens (including phenoxy) is 1. The van der Waals surface area contributed by atoms with Crippen LogP contribution in [-0.2, 0) is 21.8 Å². The minimum absolute atomic E-state index is 0. The molecular formula is C29H33CuLiNO2Si. The second-order valence-electron chi connectivity index (χ2n) is 9.36. The number of hydrogen-bond donors (Lipinski definition) is 0. The molecule has 0 N–H and O–H groups in total. The molecule has 2 radical (unpaired) electrons. The molecule has 1 amide bonds. The van der Waals surface area contributed by atoms with E-state index in [1.54, 1.807) is 12.1 Å². The Labute approximate surface area is 235 Å². The maximum Gasteiger partial charge on any atom is 1.00 e. The van der Waals surface area contributed by atoms with Gasteiger partial charge in [0.25, 0.3) is 0 Å². The average molecular weight is 526 g/mol. The van der Waals surface area contributed by atoms with Crippen molar-refractivity contribution in [3.63, 3.8) is 0 Å². The predicted octanol–water partition coefficient (Wildman–Crippen LogP) is 4.75. The monoisotopic (exact) mass is 525 g/mol. The van der Waals surface area contributed by atoms with E-state index in [9.17, 15) is 4.79 Å². The molecule has 3 aromatic carbocycles. The number of benzene rings is 3. The van der Waals surface area contributed by atoms with Gasteiger partial charge in [0, 0.05) is 17.1 Å². The molecule has 0 spiro atoms. The van der Waals surface area contributed by atoms with Gasteiger partial charge in [-0.15, -0.1) is 5.69 Å². The minimum atomic E-state index is -0.525. The Balaban J connectivity index is 0.000000474. The van der Waals surface area contributed by atoms with Crippen molar-refractivity contribution >= 4 is 31.8 Å². The Morgan fingerprint density at radius 2 is 1.43 bits per heavy atom.